The van der Waals surface area contributed by atoms with Gasteiger partial charge in [-0.15, -0.1) is 10.2 Å². The summed E-state index contributed by atoms with van der Waals surface area (Å²) in [6.45, 7) is 0. The van der Waals surface area contributed by atoms with Gasteiger partial charge < -0.3 is 5.32 Å². The normalized spacial score (nSPS) is 11.7. The van der Waals surface area contributed by atoms with E-state index in [0.29, 0.717) is 16.5 Å². The lowest BCUT2D eigenvalue weighted by Gasteiger charge is -2.19. The number of hydrogen-bond acceptors (Lipinski definition) is 5. The van der Waals surface area contributed by atoms with E-state index in [1.807, 2.05) is 78.9 Å². The van der Waals surface area contributed by atoms with E-state index in [-0.39, 0.29) is 17.7 Å². The topological polar surface area (TPSA) is 72.7 Å². The standard InChI is InChI=1S/C28H22FN5OS/c29-23-16-8-7-15-22(23)27-32-33-28(34(27)21-13-5-2-6-14-21)36-19-25(35)31-26(20-11-3-1-4-12-20)24-17-9-10-18-30-24/h1-18,26H,19H2,(H,31,35). The van der Waals surface area contributed by atoms with Gasteiger partial charge in [0.25, 0.3) is 0 Å². The number of rotatable bonds is 8. The zero-order chi connectivity index (χ0) is 24.7. The Morgan fingerprint density at radius 1 is 0.861 bits per heavy atom. The van der Waals surface area contributed by atoms with Gasteiger partial charge in [-0.25, -0.2) is 4.39 Å². The molecular formula is C28H22FN5OS. The van der Waals surface area contributed by atoms with Crippen molar-refractivity contribution in [2.45, 2.75) is 11.2 Å². The monoisotopic (exact) mass is 495 g/mol. The Morgan fingerprint density at radius 3 is 2.28 bits per heavy atom. The molecule has 2 aromatic heterocycles. The number of thioether (sulfide) groups is 1. The average Bonchev–Trinajstić information content (AvgIpc) is 3.36. The fourth-order valence-corrected chi connectivity index (χ4v) is 4.61. The minimum absolute atomic E-state index is 0.0956. The molecule has 0 fully saturated rings. The van der Waals surface area contributed by atoms with Crippen LogP contribution in [0.3, 0.4) is 0 Å². The SMILES string of the molecule is O=C(CSc1nnc(-c2ccccc2F)n1-c1ccccc1)NC(c1ccccc1)c1ccccn1. The Balaban J connectivity index is 1.40. The van der Waals surface area contributed by atoms with Crippen molar-refractivity contribution >= 4 is 17.7 Å². The van der Waals surface area contributed by atoms with Crippen LogP contribution in [0.2, 0.25) is 0 Å². The highest BCUT2D eigenvalue weighted by atomic mass is 32.2. The van der Waals surface area contributed by atoms with Gasteiger partial charge in [0.2, 0.25) is 5.91 Å². The molecule has 0 radical (unpaired) electrons. The summed E-state index contributed by atoms with van der Waals surface area (Å²) in [7, 11) is 0. The van der Waals surface area contributed by atoms with Crippen molar-refractivity contribution in [2.75, 3.05) is 5.75 Å². The van der Waals surface area contributed by atoms with E-state index in [1.165, 1.54) is 17.8 Å². The van der Waals surface area contributed by atoms with E-state index >= 15 is 0 Å². The third-order valence-electron chi connectivity index (χ3n) is 5.52. The molecular weight excluding hydrogens is 473 g/mol. The predicted molar refractivity (Wildman–Crippen MR) is 138 cm³/mol. The third-order valence-corrected chi connectivity index (χ3v) is 6.45. The second kappa shape index (κ2) is 11.0. The van der Waals surface area contributed by atoms with Crippen molar-refractivity contribution in [3.63, 3.8) is 0 Å². The van der Waals surface area contributed by atoms with Crippen LogP contribution in [0.1, 0.15) is 17.3 Å². The molecule has 0 aliphatic carbocycles. The summed E-state index contributed by atoms with van der Waals surface area (Å²) in [5.41, 5.74) is 2.80. The lowest BCUT2D eigenvalue weighted by Crippen LogP contribution is -2.31. The largest absolute Gasteiger partial charge is 0.343 e. The predicted octanol–water partition coefficient (Wildman–Crippen LogP) is 5.47. The number of para-hydroxylation sites is 1. The van der Waals surface area contributed by atoms with Crippen LogP contribution >= 0.6 is 11.8 Å². The first-order chi connectivity index (χ1) is 17.7. The van der Waals surface area contributed by atoms with E-state index in [2.05, 4.69) is 20.5 Å². The van der Waals surface area contributed by atoms with Gasteiger partial charge in [-0.05, 0) is 42.0 Å². The van der Waals surface area contributed by atoms with Crippen LogP contribution in [0, 0.1) is 5.82 Å². The summed E-state index contributed by atoms with van der Waals surface area (Å²) >= 11 is 1.24. The van der Waals surface area contributed by atoms with Crippen molar-refractivity contribution in [1.29, 1.82) is 0 Å². The Bertz CT molecular complexity index is 1410. The zero-order valence-corrected chi connectivity index (χ0v) is 20.0. The van der Waals surface area contributed by atoms with Gasteiger partial charge in [0.1, 0.15) is 5.82 Å². The molecule has 0 spiro atoms. The highest BCUT2D eigenvalue weighted by Crippen LogP contribution is 2.29. The number of halogens is 1. The molecule has 178 valence electrons. The van der Waals surface area contributed by atoms with Crippen LogP contribution in [0.5, 0.6) is 0 Å². The maximum atomic E-state index is 14.6. The molecule has 5 aromatic rings. The number of hydrogen-bond donors (Lipinski definition) is 1. The molecule has 2 heterocycles. The molecule has 0 aliphatic heterocycles. The minimum Gasteiger partial charge on any atom is -0.343 e. The molecule has 1 atom stereocenters. The first-order valence-electron chi connectivity index (χ1n) is 11.3. The number of aromatic nitrogens is 4. The molecule has 0 aliphatic rings. The van der Waals surface area contributed by atoms with Gasteiger partial charge in [0.15, 0.2) is 11.0 Å². The van der Waals surface area contributed by atoms with Crippen molar-refractivity contribution in [1.82, 2.24) is 25.1 Å². The summed E-state index contributed by atoms with van der Waals surface area (Å²) in [4.78, 5) is 17.5. The number of benzene rings is 3. The quantitative estimate of drug-likeness (QED) is 0.289. The molecule has 5 rings (SSSR count). The second-order valence-electron chi connectivity index (χ2n) is 7.91. The van der Waals surface area contributed by atoms with Crippen LogP contribution < -0.4 is 5.32 Å². The van der Waals surface area contributed by atoms with Crippen molar-refractivity contribution in [3.8, 4) is 17.1 Å². The maximum absolute atomic E-state index is 14.6. The van der Waals surface area contributed by atoms with Crippen molar-refractivity contribution < 1.29 is 9.18 Å². The molecule has 1 N–H and O–H groups in total. The molecule has 1 unspecified atom stereocenters. The van der Waals surface area contributed by atoms with Crippen molar-refractivity contribution in [3.05, 3.63) is 126 Å². The van der Waals surface area contributed by atoms with Crippen LogP contribution in [0.4, 0.5) is 4.39 Å². The summed E-state index contributed by atoms with van der Waals surface area (Å²) in [5, 5.41) is 12.1. The molecule has 0 saturated carbocycles. The van der Waals surface area contributed by atoms with E-state index in [4.69, 9.17) is 0 Å². The van der Waals surface area contributed by atoms with E-state index in [1.54, 1.807) is 29.0 Å². The summed E-state index contributed by atoms with van der Waals surface area (Å²) in [5.74, 6) is -0.108. The van der Waals surface area contributed by atoms with E-state index < -0.39 is 5.82 Å². The van der Waals surface area contributed by atoms with Gasteiger partial charge in [0.05, 0.1) is 23.1 Å². The smallest absolute Gasteiger partial charge is 0.231 e. The fraction of sp³-hybridized carbons (Fsp3) is 0.0714. The second-order valence-corrected chi connectivity index (χ2v) is 8.85. The summed E-state index contributed by atoms with van der Waals surface area (Å²) in [6.07, 6.45) is 1.71. The Hall–Kier alpha value is -4.30. The van der Waals surface area contributed by atoms with Crippen molar-refractivity contribution in [2.24, 2.45) is 0 Å². The lowest BCUT2D eigenvalue weighted by molar-refractivity contribution is -0.119. The molecule has 3 aromatic carbocycles. The number of carbonyl (C=O) groups excluding carboxylic acids is 1. The average molecular weight is 496 g/mol. The highest BCUT2D eigenvalue weighted by molar-refractivity contribution is 7.99. The van der Waals surface area contributed by atoms with E-state index in [0.717, 1.165) is 16.9 Å². The molecule has 36 heavy (non-hydrogen) atoms. The number of nitrogens with zero attached hydrogens (tertiary/aromatic N) is 4. The number of amides is 1. The zero-order valence-electron chi connectivity index (χ0n) is 19.2. The Kier molecular flexibility index (Phi) is 7.14. The van der Waals surface area contributed by atoms with E-state index in [9.17, 15) is 9.18 Å². The number of carbonyl (C=O) groups is 1. The van der Waals surface area contributed by atoms with Gasteiger partial charge in [0, 0.05) is 11.9 Å². The van der Waals surface area contributed by atoms with Crippen LogP contribution in [0.25, 0.3) is 17.1 Å². The molecule has 0 bridgehead atoms. The summed E-state index contributed by atoms with van der Waals surface area (Å²) < 4.78 is 16.4. The first-order valence-corrected chi connectivity index (χ1v) is 12.3. The molecule has 8 heteroatoms. The van der Waals surface area contributed by atoms with Gasteiger partial charge in [-0.1, -0.05) is 78.5 Å². The van der Waals surface area contributed by atoms with Crippen LogP contribution in [-0.4, -0.2) is 31.4 Å². The maximum Gasteiger partial charge on any atom is 0.231 e. The third kappa shape index (κ3) is 5.18. The molecule has 1 amide bonds. The lowest BCUT2D eigenvalue weighted by atomic mass is 10.0. The molecule has 6 nitrogen and oxygen atoms in total. The Morgan fingerprint density at radius 2 is 1.56 bits per heavy atom. The van der Waals surface area contributed by atoms with Crippen LogP contribution in [-0.2, 0) is 4.79 Å². The molecule has 0 saturated heterocycles. The van der Waals surface area contributed by atoms with Gasteiger partial charge >= 0.3 is 0 Å². The number of nitrogens with one attached hydrogen (secondary N) is 1. The highest BCUT2D eigenvalue weighted by Gasteiger charge is 2.21. The number of pyridine rings is 1. The first kappa shape index (κ1) is 23.4. The summed E-state index contributed by atoms with van der Waals surface area (Å²) in [6, 6.07) is 30.8. The minimum atomic E-state index is -0.391. The van der Waals surface area contributed by atoms with Gasteiger partial charge in [-0.2, -0.15) is 0 Å². The van der Waals surface area contributed by atoms with Crippen LogP contribution in [0.15, 0.2) is 114 Å². The fourth-order valence-electron chi connectivity index (χ4n) is 3.84. The van der Waals surface area contributed by atoms with Gasteiger partial charge in [-0.3, -0.25) is 14.3 Å². The Labute approximate surface area is 212 Å².